The first-order valence-corrected chi connectivity index (χ1v) is 9.72. The van der Waals surface area contributed by atoms with Crippen LogP contribution >= 0.6 is 0 Å². The minimum atomic E-state index is -0.434. The van der Waals surface area contributed by atoms with E-state index in [0.717, 1.165) is 11.8 Å². The second kappa shape index (κ2) is 6.21. The molecule has 3 N–H and O–H groups in total. The standard InChI is InChI=1S/C19H23N5O3/c25-19(23-18-12-4-10-3-11(6-12)7-13(18)5-10)20-9-17-21-15-2-1-14(24(26)27)8-16(15)22-17/h1-2,8,10-13,18H,3-7,9H2,(H,21,22)(H2,20,23,25). The van der Waals surface area contributed by atoms with E-state index in [1.165, 1.54) is 44.2 Å². The first-order chi connectivity index (χ1) is 13.0. The number of carbonyl (C=O) groups excluding carboxylic acids is 1. The molecule has 1 heterocycles. The molecule has 6 rings (SSSR count). The van der Waals surface area contributed by atoms with E-state index in [4.69, 9.17) is 0 Å². The minimum absolute atomic E-state index is 0.0188. The van der Waals surface area contributed by atoms with Crippen LogP contribution in [0.1, 0.15) is 37.9 Å². The van der Waals surface area contributed by atoms with E-state index < -0.39 is 4.92 Å². The van der Waals surface area contributed by atoms with Gasteiger partial charge in [-0.15, -0.1) is 0 Å². The molecule has 4 bridgehead atoms. The third-order valence-electron chi connectivity index (χ3n) is 6.67. The van der Waals surface area contributed by atoms with E-state index in [1.807, 2.05) is 0 Å². The molecule has 27 heavy (non-hydrogen) atoms. The number of hydrogen-bond acceptors (Lipinski definition) is 4. The molecule has 0 unspecified atom stereocenters. The van der Waals surface area contributed by atoms with Gasteiger partial charge in [-0.25, -0.2) is 9.78 Å². The molecule has 1 aromatic heterocycles. The highest BCUT2D eigenvalue weighted by molar-refractivity contribution is 5.78. The van der Waals surface area contributed by atoms with Crippen molar-refractivity contribution in [3.63, 3.8) is 0 Å². The van der Waals surface area contributed by atoms with E-state index in [9.17, 15) is 14.9 Å². The molecule has 0 saturated heterocycles. The molecule has 4 aliphatic rings. The fraction of sp³-hybridized carbons (Fsp3) is 0.579. The predicted molar refractivity (Wildman–Crippen MR) is 99.0 cm³/mol. The van der Waals surface area contributed by atoms with Crippen LogP contribution in [0.3, 0.4) is 0 Å². The van der Waals surface area contributed by atoms with Crippen molar-refractivity contribution in [3.05, 3.63) is 34.1 Å². The SMILES string of the molecule is O=C(NCc1nc2ccc([N+](=O)[O-])cc2[nH]1)NC1C2CC3CC(C2)CC1C3. The highest BCUT2D eigenvalue weighted by Gasteiger charge is 2.48. The lowest BCUT2D eigenvalue weighted by Gasteiger charge is -2.54. The van der Waals surface area contributed by atoms with Crippen molar-refractivity contribution >= 4 is 22.8 Å². The molecule has 8 heteroatoms. The van der Waals surface area contributed by atoms with Crippen LogP contribution in [0, 0.1) is 33.8 Å². The maximum Gasteiger partial charge on any atom is 0.315 e. The number of carbonyl (C=O) groups is 1. The van der Waals surface area contributed by atoms with E-state index in [1.54, 1.807) is 6.07 Å². The molecule has 4 saturated carbocycles. The number of aromatic amines is 1. The molecule has 2 amide bonds. The fourth-order valence-corrected chi connectivity index (χ4v) is 5.77. The number of rotatable bonds is 4. The van der Waals surface area contributed by atoms with Crippen LogP contribution in [-0.2, 0) is 6.54 Å². The molecule has 8 nitrogen and oxygen atoms in total. The van der Waals surface area contributed by atoms with E-state index in [0.29, 0.717) is 34.7 Å². The molecule has 4 fully saturated rings. The molecule has 1 aromatic carbocycles. The maximum absolute atomic E-state index is 12.4. The van der Waals surface area contributed by atoms with Gasteiger partial charge in [0.15, 0.2) is 0 Å². The summed E-state index contributed by atoms with van der Waals surface area (Å²) in [5.41, 5.74) is 1.27. The molecule has 4 aliphatic carbocycles. The van der Waals surface area contributed by atoms with Crippen LogP contribution in [0.5, 0.6) is 0 Å². The Hall–Kier alpha value is -2.64. The second-order valence-corrected chi connectivity index (χ2v) is 8.43. The fourth-order valence-electron chi connectivity index (χ4n) is 5.77. The number of fused-ring (bicyclic) bond motifs is 1. The Bertz CT molecular complexity index is 880. The Balaban J connectivity index is 1.21. The van der Waals surface area contributed by atoms with Gasteiger partial charge in [0.25, 0.3) is 5.69 Å². The molecule has 0 aliphatic heterocycles. The summed E-state index contributed by atoms with van der Waals surface area (Å²) in [6, 6.07) is 4.65. The number of urea groups is 1. The number of nitro groups is 1. The van der Waals surface area contributed by atoms with Gasteiger partial charge in [0.05, 0.1) is 22.5 Å². The first kappa shape index (κ1) is 16.5. The van der Waals surface area contributed by atoms with Gasteiger partial charge in [0.1, 0.15) is 5.82 Å². The van der Waals surface area contributed by atoms with Crippen molar-refractivity contribution in [3.8, 4) is 0 Å². The Kier molecular flexibility index (Phi) is 3.80. The van der Waals surface area contributed by atoms with E-state index in [2.05, 4.69) is 20.6 Å². The average molecular weight is 369 g/mol. The maximum atomic E-state index is 12.4. The number of benzene rings is 1. The summed E-state index contributed by atoms with van der Waals surface area (Å²) in [5, 5.41) is 17.0. The summed E-state index contributed by atoms with van der Waals surface area (Å²) in [4.78, 5) is 30.3. The number of hydrogen-bond donors (Lipinski definition) is 3. The summed E-state index contributed by atoms with van der Waals surface area (Å²) in [6.07, 6.45) is 6.46. The lowest BCUT2D eigenvalue weighted by molar-refractivity contribution is -0.384. The van der Waals surface area contributed by atoms with Crippen molar-refractivity contribution in [2.24, 2.45) is 23.7 Å². The molecule has 142 valence electrons. The quantitative estimate of drug-likeness (QED) is 0.568. The van der Waals surface area contributed by atoms with E-state index >= 15 is 0 Å². The van der Waals surface area contributed by atoms with Gasteiger partial charge in [-0.1, -0.05) is 0 Å². The van der Waals surface area contributed by atoms with Gasteiger partial charge in [-0.05, 0) is 61.8 Å². The van der Waals surface area contributed by atoms with Gasteiger partial charge >= 0.3 is 6.03 Å². The highest BCUT2D eigenvalue weighted by atomic mass is 16.6. The predicted octanol–water partition coefficient (Wildman–Crippen LogP) is 3.10. The van der Waals surface area contributed by atoms with Crippen molar-refractivity contribution in [2.75, 3.05) is 0 Å². The Morgan fingerprint density at radius 1 is 1.19 bits per heavy atom. The highest BCUT2D eigenvalue weighted by Crippen LogP contribution is 2.53. The number of aromatic nitrogens is 2. The summed E-state index contributed by atoms with van der Waals surface area (Å²) in [6.45, 7) is 0.265. The van der Waals surface area contributed by atoms with E-state index in [-0.39, 0.29) is 18.3 Å². The minimum Gasteiger partial charge on any atom is -0.340 e. The van der Waals surface area contributed by atoms with Crippen LogP contribution in [-0.4, -0.2) is 27.0 Å². The van der Waals surface area contributed by atoms with Crippen LogP contribution in [0.4, 0.5) is 10.5 Å². The summed E-state index contributed by atoms with van der Waals surface area (Å²) in [5.74, 6) is 3.63. The normalized spacial score (nSPS) is 31.2. The number of nitro benzene ring substituents is 1. The molecule has 0 atom stereocenters. The van der Waals surface area contributed by atoms with Crippen LogP contribution < -0.4 is 10.6 Å². The number of amides is 2. The van der Waals surface area contributed by atoms with Crippen LogP contribution in [0.15, 0.2) is 18.2 Å². The summed E-state index contributed by atoms with van der Waals surface area (Å²) in [7, 11) is 0. The van der Waals surface area contributed by atoms with Gasteiger partial charge < -0.3 is 15.6 Å². The van der Waals surface area contributed by atoms with Crippen molar-refractivity contribution in [2.45, 2.75) is 44.7 Å². The monoisotopic (exact) mass is 369 g/mol. The van der Waals surface area contributed by atoms with Crippen LogP contribution in [0.25, 0.3) is 11.0 Å². The Morgan fingerprint density at radius 2 is 1.89 bits per heavy atom. The first-order valence-electron chi connectivity index (χ1n) is 9.72. The smallest absolute Gasteiger partial charge is 0.315 e. The summed E-state index contributed by atoms with van der Waals surface area (Å²) >= 11 is 0. The van der Waals surface area contributed by atoms with Gasteiger partial charge in [-0.2, -0.15) is 0 Å². The number of non-ortho nitro benzene ring substituents is 1. The third kappa shape index (κ3) is 3.02. The number of H-pyrrole nitrogens is 1. The molecular weight excluding hydrogens is 346 g/mol. The van der Waals surface area contributed by atoms with Crippen molar-refractivity contribution < 1.29 is 9.72 Å². The largest absolute Gasteiger partial charge is 0.340 e. The number of nitrogens with zero attached hydrogens (tertiary/aromatic N) is 2. The molecule has 0 spiro atoms. The zero-order chi connectivity index (χ0) is 18.5. The Morgan fingerprint density at radius 3 is 2.56 bits per heavy atom. The van der Waals surface area contributed by atoms with Gasteiger partial charge in [0, 0.05) is 18.2 Å². The molecule has 0 radical (unpaired) electrons. The molecule has 2 aromatic rings. The summed E-state index contributed by atoms with van der Waals surface area (Å²) < 4.78 is 0. The molecular formula is C19H23N5O3. The second-order valence-electron chi connectivity index (χ2n) is 8.43. The lowest BCUT2D eigenvalue weighted by Crippen LogP contribution is -2.57. The zero-order valence-corrected chi connectivity index (χ0v) is 15.0. The third-order valence-corrected chi connectivity index (χ3v) is 6.67. The number of nitrogens with one attached hydrogen (secondary N) is 3. The van der Waals surface area contributed by atoms with Crippen LogP contribution in [0.2, 0.25) is 0 Å². The zero-order valence-electron chi connectivity index (χ0n) is 15.0. The number of imidazole rings is 1. The van der Waals surface area contributed by atoms with Crippen molar-refractivity contribution in [1.29, 1.82) is 0 Å². The van der Waals surface area contributed by atoms with Crippen molar-refractivity contribution in [1.82, 2.24) is 20.6 Å². The lowest BCUT2D eigenvalue weighted by atomic mass is 9.54. The topological polar surface area (TPSA) is 113 Å². The average Bonchev–Trinajstić information content (AvgIpc) is 3.04. The van der Waals surface area contributed by atoms with Gasteiger partial charge in [0.2, 0.25) is 0 Å². The van der Waals surface area contributed by atoms with Gasteiger partial charge in [-0.3, -0.25) is 10.1 Å². The Labute approximate surface area is 156 Å².